The van der Waals surface area contributed by atoms with Gasteiger partial charge in [0.15, 0.2) is 0 Å². The van der Waals surface area contributed by atoms with Gasteiger partial charge in [0.2, 0.25) is 8.32 Å². The number of ketones is 1. The molecule has 2 aliphatic rings. The Labute approximate surface area is 224 Å². The second kappa shape index (κ2) is 11.2. The van der Waals surface area contributed by atoms with Crippen molar-refractivity contribution in [1.29, 1.82) is 0 Å². The first-order valence-corrected chi connectivity index (χ1v) is 16.6. The maximum Gasteiger partial charge on any atom is 0.250 e. The highest BCUT2D eigenvalue weighted by atomic mass is 28.4. The molecule has 37 heavy (non-hydrogen) atoms. The summed E-state index contributed by atoms with van der Waals surface area (Å²) in [5, 5.41) is 0.123. The van der Waals surface area contributed by atoms with Crippen molar-refractivity contribution in [3.63, 3.8) is 0 Å². The zero-order valence-electron chi connectivity index (χ0n) is 23.7. The molecule has 0 bridgehead atoms. The molecule has 3 atom stereocenters. The molecule has 0 unspecified atom stereocenters. The largest absolute Gasteiger partial charge is 0.547 e. The minimum absolute atomic E-state index is 0.108. The van der Waals surface area contributed by atoms with Crippen LogP contribution in [0.4, 0.5) is 0 Å². The van der Waals surface area contributed by atoms with E-state index in [1.165, 1.54) is 22.5 Å². The van der Waals surface area contributed by atoms with E-state index in [0.29, 0.717) is 31.3 Å². The Kier molecular flexibility index (Phi) is 8.34. The second-order valence-corrected chi connectivity index (χ2v) is 17.2. The van der Waals surface area contributed by atoms with Crippen LogP contribution >= 0.6 is 0 Å². The summed E-state index contributed by atoms with van der Waals surface area (Å²) < 4.78 is 18.4. The molecule has 2 aromatic rings. The molecule has 1 saturated carbocycles. The molecule has 0 radical (unpaired) electrons. The smallest absolute Gasteiger partial charge is 0.250 e. The van der Waals surface area contributed by atoms with Gasteiger partial charge in [-0.3, -0.25) is 4.79 Å². The lowest BCUT2D eigenvalue weighted by molar-refractivity contribution is -0.138. The molecule has 0 aromatic heterocycles. The van der Waals surface area contributed by atoms with E-state index >= 15 is 0 Å². The monoisotopic (exact) mass is 520 g/mol. The normalized spacial score (nSPS) is 21.9. The van der Waals surface area contributed by atoms with E-state index in [0.717, 1.165) is 30.6 Å². The predicted molar refractivity (Wildman–Crippen MR) is 152 cm³/mol. The van der Waals surface area contributed by atoms with Crippen molar-refractivity contribution in [3.05, 3.63) is 76.6 Å². The third-order valence-corrected chi connectivity index (χ3v) is 13.1. The molecular formula is C32H44O4Si. The molecule has 0 N–H and O–H groups in total. The standard InChI is InChI=1S/C32H44O4Si/c1-22-8-10-23(11-9-22)18-28-27(16-17-35-21-24-12-14-26(34-5)15-13-24)31-25(19-29(31)33)20-30(28)36-37(6,7)32(2,3)4/h8-15,25,27,31H,16-21H2,1-7H3/t25-,27+,31-/m1/s1. The molecule has 2 aliphatic carbocycles. The minimum atomic E-state index is -2.01. The fourth-order valence-electron chi connectivity index (χ4n) is 5.37. The lowest BCUT2D eigenvalue weighted by Crippen LogP contribution is -2.48. The van der Waals surface area contributed by atoms with Gasteiger partial charge >= 0.3 is 0 Å². The number of fused-ring (bicyclic) bond motifs is 1. The molecule has 4 rings (SSSR count). The Hall–Kier alpha value is -2.37. The summed E-state index contributed by atoms with van der Waals surface area (Å²) in [6.07, 6.45) is 3.27. The van der Waals surface area contributed by atoms with E-state index in [1.807, 2.05) is 24.3 Å². The average Bonchev–Trinajstić information content (AvgIpc) is 2.84. The summed E-state index contributed by atoms with van der Waals surface area (Å²) in [6.45, 7) is 14.8. The molecule has 0 amide bonds. The maximum atomic E-state index is 12.9. The molecule has 0 saturated heterocycles. The van der Waals surface area contributed by atoms with E-state index in [1.54, 1.807) is 7.11 Å². The Balaban J connectivity index is 1.57. The Morgan fingerprint density at radius 2 is 1.59 bits per heavy atom. The van der Waals surface area contributed by atoms with E-state index in [2.05, 4.69) is 65.1 Å². The number of hydrogen-bond donors (Lipinski definition) is 0. The Morgan fingerprint density at radius 1 is 0.946 bits per heavy atom. The Bertz CT molecular complexity index is 1110. The van der Waals surface area contributed by atoms with Gasteiger partial charge in [0.1, 0.15) is 11.5 Å². The van der Waals surface area contributed by atoms with Gasteiger partial charge in [-0.2, -0.15) is 0 Å². The van der Waals surface area contributed by atoms with E-state index in [9.17, 15) is 4.79 Å². The van der Waals surface area contributed by atoms with Crippen LogP contribution < -0.4 is 4.74 Å². The number of methoxy groups -OCH3 is 1. The van der Waals surface area contributed by atoms with Crippen LogP contribution in [-0.4, -0.2) is 27.8 Å². The van der Waals surface area contributed by atoms with Gasteiger partial charge in [-0.1, -0.05) is 62.7 Å². The van der Waals surface area contributed by atoms with Crippen molar-refractivity contribution in [2.45, 2.75) is 78.1 Å². The molecule has 1 fully saturated rings. The highest BCUT2D eigenvalue weighted by Gasteiger charge is 2.51. The lowest BCUT2D eigenvalue weighted by Gasteiger charge is -2.48. The number of benzene rings is 2. The zero-order valence-corrected chi connectivity index (χ0v) is 24.7. The molecule has 0 heterocycles. The van der Waals surface area contributed by atoms with Crippen molar-refractivity contribution in [3.8, 4) is 5.75 Å². The molecule has 4 nitrogen and oxygen atoms in total. The zero-order chi connectivity index (χ0) is 26.8. The van der Waals surface area contributed by atoms with Crippen molar-refractivity contribution in [1.82, 2.24) is 0 Å². The highest BCUT2D eigenvalue weighted by molar-refractivity contribution is 6.74. The fourth-order valence-corrected chi connectivity index (χ4v) is 6.50. The molecule has 5 heteroatoms. The van der Waals surface area contributed by atoms with Gasteiger partial charge in [0, 0.05) is 25.4 Å². The van der Waals surface area contributed by atoms with Gasteiger partial charge in [0.05, 0.1) is 19.5 Å². The number of carbonyl (C=O) groups excluding carboxylic acids is 1. The number of hydrogen-bond acceptors (Lipinski definition) is 4. The van der Waals surface area contributed by atoms with Gasteiger partial charge < -0.3 is 13.9 Å². The topological polar surface area (TPSA) is 44.8 Å². The number of carbonyl (C=O) groups is 1. The first-order chi connectivity index (χ1) is 17.5. The predicted octanol–water partition coefficient (Wildman–Crippen LogP) is 7.65. The van der Waals surface area contributed by atoms with Crippen LogP contribution in [0.5, 0.6) is 5.75 Å². The Morgan fingerprint density at radius 3 is 2.19 bits per heavy atom. The summed E-state index contributed by atoms with van der Waals surface area (Å²) in [5.41, 5.74) is 5.00. The quantitative estimate of drug-likeness (QED) is 0.238. The number of allylic oxidation sites excluding steroid dienone is 2. The van der Waals surface area contributed by atoms with Crippen LogP contribution in [0.2, 0.25) is 18.1 Å². The first kappa shape index (κ1) is 27.7. The SMILES string of the molecule is COc1ccc(COCC[C@H]2C(Cc3ccc(C)cc3)=C(O[Si](C)(C)C(C)(C)C)C[C@H]3CC(=O)[C@H]32)cc1. The van der Waals surface area contributed by atoms with Crippen LogP contribution in [0.15, 0.2) is 59.9 Å². The molecule has 2 aromatic carbocycles. The molecule has 200 valence electrons. The van der Waals surface area contributed by atoms with Gasteiger partial charge in [-0.05, 0) is 78.6 Å². The van der Waals surface area contributed by atoms with Crippen molar-refractivity contribution >= 4 is 14.1 Å². The van der Waals surface area contributed by atoms with E-state index in [-0.39, 0.29) is 16.9 Å². The average molecular weight is 521 g/mol. The van der Waals surface area contributed by atoms with Gasteiger partial charge in [-0.15, -0.1) is 0 Å². The maximum absolute atomic E-state index is 12.9. The number of Topliss-reactive ketones (excluding diaryl/α,β-unsaturated/α-hetero) is 1. The molecule has 0 aliphatic heterocycles. The number of ether oxygens (including phenoxy) is 2. The van der Waals surface area contributed by atoms with Crippen molar-refractivity contribution < 1.29 is 18.7 Å². The summed E-state index contributed by atoms with van der Waals surface area (Å²) in [7, 11) is -0.333. The highest BCUT2D eigenvalue weighted by Crippen LogP contribution is 2.52. The number of aryl methyl sites for hydroxylation is 1. The number of rotatable bonds is 10. The first-order valence-electron chi connectivity index (χ1n) is 13.7. The lowest BCUT2D eigenvalue weighted by atomic mass is 9.58. The van der Waals surface area contributed by atoms with Crippen LogP contribution in [0.1, 0.15) is 56.7 Å². The van der Waals surface area contributed by atoms with E-state index < -0.39 is 8.32 Å². The van der Waals surface area contributed by atoms with Crippen molar-refractivity contribution in [2.24, 2.45) is 17.8 Å². The van der Waals surface area contributed by atoms with Gasteiger partial charge in [-0.25, -0.2) is 0 Å². The second-order valence-electron chi connectivity index (χ2n) is 12.4. The van der Waals surface area contributed by atoms with Crippen molar-refractivity contribution in [2.75, 3.05) is 13.7 Å². The van der Waals surface area contributed by atoms with Gasteiger partial charge in [0.25, 0.3) is 0 Å². The summed E-state index contributed by atoms with van der Waals surface area (Å²) in [4.78, 5) is 12.9. The van der Waals surface area contributed by atoms with Crippen LogP contribution in [0.25, 0.3) is 0 Å². The third kappa shape index (κ3) is 6.38. The van der Waals surface area contributed by atoms with Crippen LogP contribution in [-0.2, 0) is 27.0 Å². The summed E-state index contributed by atoms with van der Waals surface area (Å²) >= 11 is 0. The minimum Gasteiger partial charge on any atom is -0.547 e. The third-order valence-electron chi connectivity index (χ3n) is 8.73. The summed E-state index contributed by atoms with van der Waals surface area (Å²) in [5.74, 6) is 3.12. The van der Waals surface area contributed by atoms with Crippen LogP contribution in [0.3, 0.4) is 0 Å². The van der Waals surface area contributed by atoms with Crippen LogP contribution in [0, 0.1) is 24.7 Å². The summed E-state index contributed by atoms with van der Waals surface area (Å²) in [6, 6.07) is 16.8. The molecule has 0 spiro atoms. The molecular weight excluding hydrogens is 476 g/mol. The fraction of sp³-hybridized carbons (Fsp3) is 0.531. The van der Waals surface area contributed by atoms with E-state index in [4.69, 9.17) is 13.9 Å².